The summed E-state index contributed by atoms with van der Waals surface area (Å²) in [6.45, 7) is 0.828. The number of nitrogens with zero attached hydrogens (tertiary/aromatic N) is 8. The van der Waals surface area contributed by atoms with Crippen molar-refractivity contribution < 1.29 is 37.0 Å². The number of nitrogens with one attached hydrogen (secondary N) is 1. The minimum atomic E-state index is -5.72. The summed E-state index contributed by atoms with van der Waals surface area (Å²) >= 11 is 0. The summed E-state index contributed by atoms with van der Waals surface area (Å²) in [6, 6.07) is 3.02. The third-order valence-electron chi connectivity index (χ3n) is 6.56. The number of carbonyl (C=O) groups is 1. The molecule has 0 bridgehead atoms. The highest BCUT2D eigenvalue weighted by Crippen LogP contribution is 2.44. The zero-order valence-corrected chi connectivity index (χ0v) is 20.6. The molecule has 5 rings (SSSR count). The average Bonchev–Trinajstić information content (AvgIpc) is 3.56. The van der Waals surface area contributed by atoms with Crippen LogP contribution in [0.15, 0.2) is 24.5 Å². The maximum atomic E-state index is 13.6. The second kappa shape index (κ2) is 9.40. The van der Waals surface area contributed by atoms with E-state index in [0.29, 0.717) is 0 Å². The normalized spacial score (nSPS) is 17.6. The van der Waals surface area contributed by atoms with Crippen LogP contribution in [0.25, 0.3) is 22.6 Å². The zero-order chi connectivity index (χ0) is 29.0. The number of pyridine rings is 1. The molecule has 0 fully saturated rings. The molecule has 0 saturated carbocycles. The Labute approximate surface area is 220 Å². The highest BCUT2D eigenvalue weighted by molar-refractivity contribution is 6.09. The first-order chi connectivity index (χ1) is 18.7. The maximum Gasteiger partial charge on any atom is 0.453 e. The number of nitrogens with two attached hydrogens (primary N) is 1. The summed E-state index contributed by atoms with van der Waals surface area (Å²) in [5.41, 5.74) is 5.19. The number of halogens is 5. The molecule has 212 valence electrons. The SMILES string of the molecule is CC1(c2cn(CCC(O)O)nn2)C(=O)Nc2nc(-c3nn(CCC(F)(F)C(F)(F)F)c4ncccc34)nc(N)c21. The molecule has 0 aliphatic carbocycles. The largest absolute Gasteiger partial charge is 0.453 e. The number of hydrogen-bond acceptors (Lipinski definition) is 10. The number of amides is 1. The Kier molecular flexibility index (Phi) is 6.41. The van der Waals surface area contributed by atoms with Gasteiger partial charge in [-0.1, -0.05) is 5.21 Å². The molecule has 4 aromatic rings. The van der Waals surface area contributed by atoms with Gasteiger partial charge in [-0.2, -0.15) is 27.1 Å². The summed E-state index contributed by atoms with van der Waals surface area (Å²) in [5, 5.41) is 33.1. The third kappa shape index (κ3) is 4.47. The van der Waals surface area contributed by atoms with E-state index in [-0.39, 0.29) is 58.4 Å². The molecule has 0 saturated heterocycles. The maximum absolute atomic E-state index is 13.6. The number of anilines is 2. The Bertz CT molecular complexity index is 1600. The van der Waals surface area contributed by atoms with Crippen molar-refractivity contribution in [2.24, 2.45) is 0 Å². The number of nitrogen functional groups attached to an aromatic ring is 1. The molecule has 1 aliphatic heterocycles. The number of carbonyl (C=O) groups excluding carboxylic acids is 1. The number of rotatable bonds is 8. The van der Waals surface area contributed by atoms with Gasteiger partial charge in [-0.25, -0.2) is 19.6 Å². The van der Waals surface area contributed by atoms with Crippen molar-refractivity contribution in [2.45, 2.75) is 56.7 Å². The van der Waals surface area contributed by atoms with Crippen LogP contribution in [0.2, 0.25) is 0 Å². The minimum absolute atomic E-state index is 0.00397. The molecular formula is C22H21F5N10O3. The van der Waals surface area contributed by atoms with Crippen LogP contribution in [0.5, 0.6) is 0 Å². The first-order valence-corrected chi connectivity index (χ1v) is 11.7. The number of aliphatic hydroxyl groups excluding tert-OH is 1. The fraction of sp³-hybridized carbons (Fsp3) is 0.409. The fourth-order valence-corrected chi connectivity index (χ4v) is 4.36. The van der Waals surface area contributed by atoms with Crippen molar-refractivity contribution in [3.63, 3.8) is 0 Å². The first kappa shape index (κ1) is 27.3. The number of aromatic nitrogens is 8. The summed E-state index contributed by atoms with van der Waals surface area (Å²) < 4.78 is 67.4. The van der Waals surface area contributed by atoms with Gasteiger partial charge in [0.2, 0.25) is 5.91 Å². The highest BCUT2D eigenvalue weighted by Gasteiger charge is 2.57. The van der Waals surface area contributed by atoms with Gasteiger partial charge in [0.05, 0.1) is 10.9 Å². The lowest BCUT2D eigenvalue weighted by atomic mass is 9.81. The van der Waals surface area contributed by atoms with Crippen molar-refractivity contribution in [1.29, 1.82) is 0 Å². The second-order valence-corrected chi connectivity index (χ2v) is 9.27. The predicted molar refractivity (Wildman–Crippen MR) is 127 cm³/mol. The van der Waals surface area contributed by atoms with E-state index >= 15 is 0 Å². The minimum Gasteiger partial charge on any atom is -0.383 e. The van der Waals surface area contributed by atoms with Gasteiger partial charge in [0.1, 0.15) is 28.4 Å². The molecule has 0 radical (unpaired) electrons. The summed E-state index contributed by atoms with van der Waals surface area (Å²) in [6.07, 6.45) is -6.10. The molecule has 0 aromatic carbocycles. The Morgan fingerprint density at radius 1 is 1.18 bits per heavy atom. The fourth-order valence-electron chi connectivity index (χ4n) is 4.36. The van der Waals surface area contributed by atoms with Crippen molar-refractivity contribution >= 4 is 28.6 Å². The number of fused-ring (bicyclic) bond motifs is 2. The molecular weight excluding hydrogens is 547 g/mol. The Hall–Kier alpha value is -4.32. The molecule has 1 unspecified atom stereocenters. The molecule has 5 heterocycles. The van der Waals surface area contributed by atoms with Crippen molar-refractivity contribution in [1.82, 2.24) is 39.7 Å². The van der Waals surface area contributed by atoms with Crippen LogP contribution in [-0.4, -0.2) is 74.2 Å². The first-order valence-electron chi connectivity index (χ1n) is 11.7. The van der Waals surface area contributed by atoms with Crippen molar-refractivity contribution in [3.05, 3.63) is 35.8 Å². The molecule has 1 amide bonds. The highest BCUT2D eigenvalue weighted by atomic mass is 19.4. The van der Waals surface area contributed by atoms with E-state index in [1.54, 1.807) is 0 Å². The summed E-state index contributed by atoms with van der Waals surface area (Å²) in [4.78, 5) is 25.8. The molecule has 13 nitrogen and oxygen atoms in total. The molecule has 40 heavy (non-hydrogen) atoms. The lowest BCUT2D eigenvalue weighted by Gasteiger charge is -2.19. The van der Waals surface area contributed by atoms with Crippen molar-refractivity contribution in [3.8, 4) is 11.5 Å². The van der Waals surface area contributed by atoms with Gasteiger partial charge >= 0.3 is 12.1 Å². The van der Waals surface area contributed by atoms with Crippen LogP contribution in [0.4, 0.5) is 33.6 Å². The lowest BCUT2D eigenvalue weighted by Crippen LogP contribution is -2.37. The Morgan fingerprint density at radius 2 is 1.93 bits per heavy atom. The lowest BCUT2D eigenvalue weighted by molar-refractivity contribution is -0.285. The quantitative estimate of drug-likeness (QED) is 0.180. The molecule has 0 spiro atoms. The zero-order valence-electron chi connectivity index (χ0n) is 20.6. The average molecular weight is 568 g/mol. The van der Waals surface area contributed by atoms with Crippen LogP contribution in [0.3, 0.4) is 0 Å². The number of alkyl halides is 5. The van der Waals surface area contributed by atoms with E-state index in [1.807, 2.05) is 0 Å². The van der Waals surface area contributed by atoms with Crippen LogP contribution < -0.4 is 11.1 Å². The van der Waals surface area contributed by atoms with Gasteiger partial charge in [-0.05, 0) is 19.1 Å². The van der Waals surface area contributed by atoms with Crippen LogP contribution >= 0.6 is 0 Å². The topological polar surface area (TPSA) is 183 Å². The molecule has 1 aliphatic rings. The molecule has 5 N–H and O–H groups in total. The predicted octanol–water partition coefficient (Wildman–Crippen LogP) is 1.61. The van der Waals surface area contributed by atoms with E-state index in [9.17, 15) is 26.7 Å². The van der Waals surface area contributed by atoms with Crippen LogP contribution in [0.1, 0.15) is 31.0 Å². The monoisotopic (exact) mass is 568 g/mol. The van der Waals surface area contributed by atoms with Crippen LogP contribution in [-0.2, 0) is 23.3 Å². The summed E-state index contributed by atoms with van der Waals surface area (Å²) in [5.74, 6) is -5.74. The van der Waals surface area contributed by atoms with Gasteiger partial charge in [0.15, 0.2) is 17.8 Å². The number of aliphatic hydroxyl groups is 2. The Morgan fingerprint density at radius 3 is 2.62 bits per heavy atom. The second-order valence-electron chi connectivity index (χ2n) is 9.27. The summed E-state index contributed by atoms with van der Waals surface area (Å²) in [7, 11) is 0. The third-order valence-corrected chi connectivity index (χ3v) is 6.56. The van der Waals surface area contributed by atoms with E-state index in [0.717, 1.165) is 4.68 Å². The van der Waals surface area contributed by atoms with Gasteiger partial charge in [-0.3, -0.25) is 9.48 Å². The van der Waals surface area contributed by atoms with Gasteiger partial charge in [0, 0.05) is 38.3 Å². The smallest absolute Gasteiger partial charge is 0.383 e. The molecule has 18 heteroatoms. The standard InChI is InChI=1S/C22H21F5N10O3/c1-20(11-9-36(35-33-11)7-4-12(38)39)13-15(28)30-17(31-16(13)32-19(20)40)14-10-3-2-6-29-18(10)37(34-14)8-5-21(23,24)22(25,26)27/h2-3,6,9,12,38-39H,4-5,7-8H2,1H3,(H3,28,30,31,32,40). The van der Waals surface area contributed by atoms with E-state index < -0.39 is 42.7 Å². The van der Waals surface area contributed by atoms with Crippen LogP contribution in [0, 0.1) is 0 Å². The van der Waals surface area contributed by atoms with Gasteiger partial charge < -0.3 is 21.3 Å². The number of aryl methyl sites for hydroxylation is 2. The number of hydrogen-bond donors (Lipinski definition) is 4. The van der Waals surface area contributed by atoms with Crippen molar-refractivity contribution in [2.75, 3.05) is 11.1 Å². The van der Waals surface area contributed by atoms with E-state index in [4.69, 9.17) is 15.9 Å². The van der Waals surface area contributed by atoms with E-state index in [2.05, 4.69) is 35.7 Å². The Balaban J connectivity index is 1.52. The van der Waals surface area contributed by atoms with Gasteiger partial charge in [0.25, 0.3) is 0 Å². The molecule has 1 atom stereocenters. The van der Waals surface area contributed by atoms with Gasteiger partial charge in [-0.15, -0.1) is 5.10 Å². The molecule has 4 aromatic heterocycles. The van der Waals surface area contributed by atoms with E-state index in [1.165, 1.54) is 36.1 Å².